The number of aryl methyl sites for hydroxylation is 2. The van der Waals surface area contributed by atoms with Gasteiger partial charge in [-0.15, -0.1) is 10.2 Å². The largest absolute Gasteiger partial charge is 0.507 e. The Labute approximate surface area is 237 Å². The van der Waals surface area contributed by atoms with Gasteiger partial charge in [-0.3, -0.25) is 14.5 Å². The topological polar surface area (TPSA) is 83.4 Å². The second-order valence-electron chi connectivity index (χ2n) is 8.81. The fraction of sp³-hybridized carbons (Fsp3) is 0.143. The zero-order valence-corrected chi connectivity index (χ0v) is 23.5. The summed E-state index contributed by atoms with van der Waals surface area (Å²) in [6, 6.07) is 19.1. The van der Waals surface area contributed by atoms with E-state index in [-0.39, 0.29) is 16.5 Å². The molecular weight excluding hydrogens is 561 g/mol. The summed E-state index contributed by atoms with van der Waals surface area (Å²) in [5.74, 6) is -1.18. The molecule has 0 radical (unpaired) electrons. The number of aliphatic hydroxyl groups is 1. The van der Waals surface area contributed by atoms with Crippen LogP contribution in [0.4, 0.5) is 5.13 Å². The van der Waals surface area contributed by atoms with Crippen LogP contribution < -0.4 is 4.90 Å². The van der Waals surface area contributed by atoms with Crippen LogP contribution in [0, 0.1) is 13.8 Å². The molecule has 10 heteroatoms. The van der Waals surface area contributed by atoms with Crippen LogP contribution in [-0.4, -0.2) is 27.0 Å². The van der Waals surface area contributed by atoms with Gasteiger partial charge in [-0.1, -0.05) is 88.3 Å². The number of amides is 1. The predicted octanol–water partition coefficient (Wildman–Crippen LogP) is 7.38. The lowest BCUT2D eigenvalue weighted by atomic mass is 9.93. The maximum atomic E-state index is 13.4. The van der Waals surface area contributed by atoms with Crippen molar-refractivity contribution in [2.24, 2.45) is 0 Å². The predicted molar refractivity (Wildman–Crippen MR) is 153 cm³/mol. The number of benzene rings is 3. The number of aliphatic hydroxyl groups excluding tert-OH is 1. The number of hydrogen-bond acceptors (Lipinski definition) is 7. The van der Waals surface area contributed by atoms with E-state index in [1.54, 1.807) is 30.3 Å². The highest BCUT2D eigenvalue weighted by Gasteiger charge is 2.48. The maximum absolute atomic E-state index is 13.4. The lowest BCUT2D eigenvalue weighted by molar-refractivity contribution is -0.132. The first kappa shape index (κ1) is 26.4. The minimum atomic E-state index is -0.921. The van der Waals surface area contributed by atoms with E-state index in [0.717, 1.165) is 16.7 Å². The molecule has 1 saturated heterocycles. The van der Waals surface area contributed by atoms with E-state index >= 15 is 0 Å². The van der Waals surface area contributed by atoms with E-state index < -0.39 is 17.7 Å². The molecule has 1 fully saturated rings. The molecule has 6 nitrogen and oxygen atoms in total. The first-order valence-corrected chi connectivity index (χ1v) is 14.1. The summed E-state index contributed by atoms with van der Waals surface area (Å²) < 4.78 is 0.635. The summed E-state index contributed by atoms with van der Waals surface area (Å²) in [7, 11) is 0. The number of hydrogen-bond donors (Lipinski definition) is 1. The van der Waals surface area contributed by atoms with Crippen molar-refractivity contribution in [2.45, 2.75) is 30.0 Å². The normalized spacial score (nSPS) is 16.8. The monoisotopic (exact) mass is 581 g/mol. The van der Waals surface area contributed by atoms with Crippen molar-refractivity contribution in [2.75, 3.05) is 4.90 Å². The Morgan fingerprint density at radius 3 is 2.50 bits per heavy atom. The molecule has 1 aliphatic heterocycles. The minimum absolute atomic E-state index is 0.0171. The Balaban J connectivity index is 1.56. The number of rotatable bonds is 6. The molecule has 2 heterocycles. The summed E-state index contributed by atoms with van der Waals surface area (Å²) in [4.78, 5) is 28.1. The van der Waals surface area contributed by atoms with Gasteiger partial charge in [0.25, 0.3) is 5.78 Å². The van der Waals surface area contributed by atoms with Gasteiger partial charge in [-0.2, -0.15) is 0 Å². The van der Waals surface area contributed by atoms with E-state index in [9.17, 15) is 14.7 Å². The second-order valence-corrected chi connectivity index (χ2v) is 11.9. The standard InChI is InChI=1S/C28H21Cl2N3O3S2/c1-15-6-7-16(2)21(12-15)24(34)22-23(18-4-3-5-20(30)13-18)33(26(36)25(22)35)27-31-32-28(38-27)37-14-17-8-10-19(29)11-9-17/h3-13,23,34H,14H2,1-2H3/b24-22+. The number of Topliss-reactive ketones (excluding diaryl/α,β-unsaturated/α-hetero) is 1. The van der Waals surface area contributed by atoms with Crippen LogP contribution in [0.25, 0.3) is 5.76 Å². The van der Waals surface area contributed by atoms with Gasteiger partial charge in [0, 0.05) is 21.4 Å². The average Bonchev–Trinajstić information content (AvgIpc) is 3.47. The van der Waals surface area contributed by atoms with Crippen molar-refractivity contribution in [1.29, 1.82) is 0 Å². The van der Waals surface area contributed by atoms with E-state index in [1.165, 1.54) is 28.0 Å². The van der Waals surface area contributed by atoms with Gasteiger partial charge < -0.3 is 5.11 Å². The molecule has 1 amide bonds. The highest BCUT2D eigenvalue weighted by Crippen LogP contribution is 2.44. The van der Waals surface area contributed by atoms with Crippen LogP contribution in [0.5, 0.6) is 0 Å². The molecule has 38 heavy (non-hydrogen) atoms. The number of carbonyl (C=O) groups is 2. The molecule has 1 aliphatic rings. The number of ketones is 1. The smallest absolute Gasteiger partial charge is 0.301 e. The van der Waals surface area contributed by atoms with Gasteiger partial charge >= 0.3 is 5.91 Å². The Hall–Kier alpha value is -3.17. The molecule has 1 N–H and O–H groups in total. The van der Waals surface area contributed by atoms with E-state index in [1.807, 2.05) is 50.2 Å². The molecule has 0 spiro atoms. The molecular formula is C28H21Cl2N3O3S2. The molecule has 3 aromatic carbocycles. The molecule has 1 aromatic heterocycles. The summed E-state index contributed by atoms with van der Waals surface area (Å²) >= 11 is 14.9. The lowest BCUT2D eigenvalue weighted by Gasteiger charge is -2.23. The van der Waals surface area contributed by atoms with Crippen molar-refractivity contribution in [1.82, 2.24) is 10.2 Å². The lowest BCUT2D eigenvalue weighted by Crippen LogP contribution is -2.29. The number of nitrogens with zero attached hydrogens (tertiary/aromatic N) is 3. The summed E-state index contributed by atoms with van der Waals surface area (Å²) in [5, 5.41) is 21.3. The van der Waals surface area contributed by atoms with Crippen molar-refractivity contribution >= 4 is 68.9 Å². The zero-order valence-electron chi connectivity index (χ0n) is 20.3. The minimum Gasteiger partial charge on any atom is -0.507 e. The molecule has 1 atom stereocenters. The number of carbonyl (C=O) groups excluding carboxylic acids is 2. The Morgan fingerprint density at radius 1 is 1.00 bits per heavy atom. The SMILES string of the molecule is Cc1ccc(C)c(/C(O)=C2\C(=O)C(=O)N(c3nnc(SCc4ccc(Cl)cc4)s3)C2c2cccc(Cl)c2)c1. The Kier molecular flexibility index (Phi) is 7.59. The van der Waals surface area contributed by atoms with E-state index in [4.69, 9.17) is 23.2 Å². The molecule has 1 unspecified atom stereocenters. The molecule has 0 saturated carbocycles. The van der Waals surface area contributed by atoms with Crippen molar-refractivity contribution in [3.63, 3.8) is 0 Å². The zero-order chi connectivity index (χ0) is 27.0. The van der Waals surface area contributed by atoms with Crippen LogP contribution in [0.3, 0.4) is 0 Å². The van der Waals surface area contributed by atoms with Crippen LogP contribution in [0.2, 0.25) is 10.0 Å². The van der Waals surface area contributed by atoms with Crippen molar-refractivity contribution in [3.8, 4) is 0 Å². The molecule has 0 aliphatic carbocycles. The quantitative estimate of drug-likeness (QED) is 0.0840. The third-order valence-electron chi connectivity index (χ3n) is 6.13. The number of aromatic nitrogens is 2. The third kappa shape index (κ3) is 5.22. The highest BCUT2D eigenvalue weighted by molar-refractivity contribution is 8.00. The highest BCUT2D eigenvalue weighted by atomic mass is 35.5. The molecule has 4 aromatic rings. The summed E-state index contributed by atoms with van der Waals surface area (Å²) in [6.07, 6.45) is 0. The van der Waals surface area contributed by atoms with Crippen LogP contribution in [0.15, 0.2) is 76.6 Å². The first-order valence-electron chi connectivity index (χ1n) is 11.6. The molecule has 0 bridgehead atoms. The van der Waals surface area contributed by atoms with Gasteiger partial charge in [0.2, 0.25) is 5.13 Å². The summed E-state index contributed by atoms with van der Waals surface area (Å²) in [5.41, 5.74) is 3.80. The average molecular weight is 583 g/mol. The molecule has 5 rings (SSSR count). The van der Waals surface area contributed by atoms with Gasteiger partial charge in [0.15, 0.2) is 4.34 Å². The Bertz CT molecular complexity index is 1580. The fourth-order valence-corrected chi connectivity index (χ4v) is 6.39. The first-order chi connectivity index (χ1) is 18.2. The van der Waals surface area contributed by atoms with E-state index in [0.29, 0.717) is 31.3 Å². The van der Waals surface area contributed by atoms with Gasteiger partial charge in [0.05, 0.1) is 11.6 Å². The van der Waals surface area contributed by atoms with Crippen LogP contribution in [-0.2, 0) is 15.3 Å². The Morgan fingerprint density at radius 2 is 1.76 bits per heavy atom. The van der Waals surface area contributed by atoms with Crippen LogP contribution in [0.1, 0.15) is 33.9 Å². The number of halogens is 2. The maximum Gasteiger partial charge on any atom is 0.301 e. The fourth-order valence-electron chi connectivity index (χ4n) is 4.24. The second kappa shape index (κ2) is 10.9. The number of anilines is 1. The van der Waals surface area contributed by atoms with Gasteiger partial charge in [-0.05, 0) is 60.9 Å². The molecule has 192 valence electrons. The van der Waals surface area contributed by atoms with Crippen molar-refractivity contribution < 1.29 is 14.7 Å². The van der Waals surface area contributed by atoms with Crippen molar-refractivity contribution in [3.05, 3.63) is 110 Å². The van der Waals surface area contributed by atoms with Gasteiger partial charge in [0.1, 0.15) is 5.76 Å². The summed E-state index contributed by atoms with van der Waals surface area (Å²) in [6.45, 7) is 3.74. The van der Waals surface area contributed by atoms with E-state index in [2.05, 4.69) is 10.2 Å². The number of thioether (sulfide) groups is 1. The third-order valence-corrected chi connectivity index (χ3v) is 8.75. The van der Waals surface area contributed by atoms with Gasteiger partial charge in [-0.25, -0.2) is 0 Å². The van der Waals surface area contributed by atoms with Crippen LogP contribution >= 0.6 is 46.3 Å².